The van der Waals surface area contributed by atoms with Crippen LogP contribution in [0, 0.1) is 6.92 Å². The van der Waals surface area contributed by atoms with Gasteiger partial charge in [-0.1, -0.05) is 0 Å². The molecule has 0 spiro atoms. The zero-order chi connectivity index (χ0) is 12.5. The van der Waals surface area contributed by atoms with Crippen molar-refractivity contribution in [3.63, 3.8) is 0 Å². The Hall–Kier alpha value is -0.920. The molecule has 0 unspecified atom stereocenters. The Balaban J connectivity index is 3.11. The topological polar surface area (TPSA) is 22.1 Å². The highest BCUT2D eigenvalue weighted by Crippen LogP contribution is 2.32. The van der Waals surface area contributed by atoms with Gasteiger partial charge in [0.25, 0.3) is 6.43 Å². The van der Waals surface area contributed by atoms with E-state index in [-0.39, 0.29) is 10.2 Å². The fourth-order valence-electron chi connectivity index (χ4n) is 0.962. The summed E-state index contributed by atoms with van der Waals surface area (Å²) in [7, 11) is 0. The van der Waals surface area contributed by atoms with Gasteiger partial charge in [0.2, 0.25) is 5.88 Å². The number of aryl methyl sites for hydroxylation is 1. The van der Waals surface area contributed by atoms with Crippen molar-refractivity contribution >= 4 is 15.9 Å². The monoisotopic (exact) mass is 305 g/mol. The molecule has 0 aromatic carbocycles. The third-order valence-electron chi connectivity index (χ3n) is 1.59. The van der Waals surface area contributed by atoms with Crippen molar-refractivity contribution in [2.75, 3.05) is 0 Å². The van der Waals surface area contributed by atoms with Gasteiger partial charge < -0.3 is 4.74 Å². The number of pyridine rings is 1. The molecule has 0 radical (unpaired) electrons. The first kappa shape index (κ1) is 13.1. The summed E-state index contributed by atoms with van der Waals surface area (Å²) in [4.78, 5) is 3.27. The molecule has 0 N–H and O–H groups in total. The van der Waals surface area contributed by atoms with Crippen LogP contribution in [0.5, 0.6) is 5.88 Å². The lowest BCUT2D eigenvalue weighted by Gasteiger charge is -2.12. The highest BCUT2D eigenvalue weighted by atomic mass is 79.9. The predicted molar refractivity (Wildman–Crippen MR) is 48.3 cm³/mol. The molecule has 1 aromatic heterocycles. The zero-order valence-electron chi connectivity index (χ0n) is 7.78. The van der Waals surface area contributed by atoms with Gasteiger partial charge in [0.15, 0.2) is 0 Å². The van der Waals surface area contributed by atoms with E-state index in [1.807, 2.05) is 0 Å². The standard InChI is InChI=1S/C8H5BrF5NO/c1-3-2-4(6(10)11)5(9)15-7(3)16-8(12,13)14/h2,6H,1H3. The first-order valence-corrected chi connectivity index (χ1v) is 4.71. The molecule has 1 rings (SSSR count). The lowest BCUT2D eigenvalue weighted by Crippen LogP contribution is -2.19. The molecule has 1 aromatic rings. The second kappa shape index (κ2) is 4.52. The van der Waals surface area contributed by atoms with E-state index < -0.39 is 24.2 Å². The van der Waals surface area contributed by atoms with Crippen molar-refractivity contribution in [3.05, 3.63) is 21.8 Å². The van der Waals surface area contributed by atoms with Crippen LogP contribution in [-0.4, -0.2) is 11.3 Å². The van der Waals surface area contributed by atoms with E-state index >= 15 is 0 Å². The van der Waals surface area contributed by atoms with E-state index in [4.69, 9.17) is 0 Å². The van der Waals surface area contributed by atoms with Gasteiger partial charge in [-0.3, -0.25) is 0 Å². The summed E-state index contributed by atoms with van der Waals surface area (Å²) in [5.74, 6) is -0.747. The van der Waals surface area contributed by atoms with Crippen molar-refractivity contribution in [1.29, 1.82) is 0 Å². The highest BCUT2D eigenvalue weighted by molar-refractivity contribution is 9.10. The minimum atomic E-state index is -4.90. The average Bonchev–Trinajstić information content (AvgIpc) is 2.07. The quantitative estimate of drug-likeness (QED) is 0.609. The minimum Gasteiger partial charge on any atom is -0.388 e. The third kappa shape index (κ3) is 3.29. The SMILES string of the molecule is Cc1cc(C(F)F)c(Br)nc1OC(F)(F)F. The number of ether oxygens (including phenoxy) is 1. The maximum Gasteiger partial charge on any atom is 0.574 e. The highest BCUT2D eigenvalue weighted by Gasteiger charge is 2.33. The zero-order valence-corrected chi connectivity index (χ0v) is 9.36. The van der Waals surface area contributed by atoms with Gasteiger partial charge in [-0.2, -0.15) is 0 Å². The number of nitrogens with zero attached hydrogens (tertiary/aromatic N) is 1. The van der Waals surface area contributed by atoms with Crippen molar-refractivity contribution in [2.45, 2.75) is 19.7 Å². The molecule has 0 aliphatic rings. The second-order valence-electron chi connectivity index (χ2n) is 2.84. The number of alkyl halides is 5. The number of hydrogen-bond acceptors (Lipinski definition) is 2. The van der Waals surface area contributed by atoms with Crippen LogP contribution >= 0.6 is 15.9 Å². The van der Waals surface area contributed by atoms with Crippen molar-refractivity contribution in [2.24, 2.45) is 0 Å². The first-order chi connectivity index (χ1) is 7.20. The summed E-state index contributed by atoms with van der Waals surface area (Å²) in [5, 5.41) is 0. The molecule has 0 aliphatic carbocycles. The Morgan fingerprint density at radius 1 is 1.38 bits per heavy atom. The van der Waals surface area contributed by atoms with Gasteiger partial charge >= 0.3 is 6.36 Å². The third-order valence-corrected chi connectivity index (χ3v) is 2.23. The van der Waals surface area contributed by atoms with Crippen LogP contribution in [0.3, 0.4) is 0 Å². The Kier molecular flexibility index (Phi) is 3.72. The van der Waals surface area contributed by atoms with Gasteiger partial charge in [0, 0.05) is 5.56 Å². The van der Waals surface area contributed by atoms with Crippen molar-refractivity contribution in [1.82, 2.24) is 4.98 Å². The largest absolute Gasteiger partial charge is 0.574 e. The summed E-state index contributed by atoms with van der Waals surface area (Å²) < 4.78 is 63.5. The molecule has 2 nitrogen and oxygen atoms in total. The molecule has 0 bridgehead atoms. The molecule has 0 atom stereocenters. The summed E-state index contributed by atoms with van der Waals surface area (Å²) in [6, 6.07) is 0.892. The molecule has 0 saturated carbocycles. The summed E-state index contributed by atoms with van der Waals surface area (Å²) in [5.41, 5.74) is -0.595. The summed E-state index contributed by atoms with van der Waals surface area (Å²) >= 11 is 2.65. The number of aromatic nitrogens is 1. The molecule has 0 aliphatic heterocycles. The Morgan fingerprint density at radius 3 is 2.38 bits per heavy atom. The van der Waals surface area contributed by atoms with Gasteiger partial charge in [0.05, 0.1) is 5.56 Å². The Bertz CT molecular complexity index is 393. The Labute approximate surface area is 95.6 Å². The second-order valence-corrected chi connectivity index (χ2v) is 3.59. The van der Waals surface area contributed by atoms with E-state index in [1.165, 1.54) is 6.92 Å². The molecule has 16 heavy (non-hydrogen) atoms. The van der Waals surface area contributed by atoms with E-state index in [9.17, 15) is 22.0 Å². The van der Waals surface area contributed by atoms with Crippen LogP contribution in [0.25, 0.3) is 0 Å². The molecular formula is C8H5BrF5NO. The van der Waals surface area contributed by atoms with Crippen molar-refractivity contribution < 1.29 is 26.7 Å². The summed E-state index contributed by atoms with van der Waals surface area (Å²) in [6.07, 6.45) is -7.72. The predicted octanol–water partition coefficient (Wildman–Crippen LogP) is 3.99. The van der Waals surface area contributed by atoms with Gasteiger partial charge in [-0.05, 0) is 28.9 Å². The normalized spacial score (nSPS) is 12.0. The van der Waals surface area contributed by atoms with E-state index in [0.717, 1.165) is 6.07 Å². The van der Waals surface area contributed by atoms with E-state index in [0.29, 0.717) is 0 Å². The molecule has 90 valence electrons. The van der Waals surface area contributed by atoms with E-state index in [1.54, 1.807) is 0 Å². The van der Waals surface area contributed by atoms with Crippen LogP contribution in [0.15, 0.2) is 10.7 Å². The maximum atomic E-state index is 12.3. The van der Waals surface area contributed by atoms with Crippen LogP contribution in [0.4, 0.5) is 22.0 Å². The van der Waals surface area contributed by atoms with E-state index in [2.05, 4.69) is 25.7 Å². The lowest BCUT2D eigenvalue weighted by molar-refractivity contribution is -0.276. The maximum absolute atomic E-state index is 12.3. The number of hydrogen-bond donors (Lipinski definition) is 0. The first-order valence-electron chi connectivity index (χ1n) is 3.91. The number of halogens is 6. The average molecular weight is 306 g/mol. The van der Waals surface area contributed by atoms with Gasteiger partial charge in [-0.15, -0.1) is 13.2 Å². The van der Waals surface area contributed by atoms with Gasteiger partial charge in [0.1, 0.15) is 4.60 Å². The molecule has 8 heteroatoms. The minimum absolute atomic E-state index is 0.115. The van der Waals surface area contributed by atoms with Gasteiger partial charge in [-0.25, -0.2) is 13.8 Å². The molecule has 0 fully saturated rings. The smallest absolute Gasteiger partial charge is 0.388 e. The molecule has 0 saturated heterocycles. The summed E-state index contributed by atoms with van der Waals surface area (Å²) in [6.45, 7) is 1.20. The molecular weight excluding hydrogens is 301 g/mol. The molecule has 0 amide bonds. The molecule has 1 heterocycles. The van der Waals surface area contributed by atoms with Crippen LogP contribution < -0.4 is 4.74 Å². The van der Waals surface area contributed by atoms with Crippen LogP contribution in [0.1, 0.15) is 17.6 Å². The van der Waals surface area contributed by atoms with Crippen LogP contribution in [0.2, 0.25) is 0 Å². The lowest BCUT2D eigenvalue weighted by atomic mass is 10.2. The number of rotatable bonds is 2. The van der Waals surface area contributed by atoms with Crippen LogP contribution in [-0.2, 0) is 0 Å². The Morgan fingerprint density at radius 2 is 1.94 bits per heavy atom. The fraction of sp³-hybridized carbons (Fsp3) is 0.375. The fourth-order valence-corrected chi connectivity index (χ4v) is 1.41. The van der Waals surface area contributed by atoms with Crippen molar-refractivity contribution in [3.8, 4) is 5.88 Å².